The molecule has 110 valence electrons. The van der Waals surface area contributed by atoms with Crippen molar-refractivity contribution < 1.29 is 9.18 Å². The van der Waals surface area contributed by atoms with E-state index in [4.69, 9.17) is 0 Å². The summed E-state index contributed by atoms with van der Waals surface area (Å²) in [6, 6.07) is 14.2. The van der Waals surface area contributed by atoms with E-state index >= 15 is 0 Å². The molecule has 0 unspecified atom stereocenters. The van der Waals surface area contributed by atoms with Gasteiger partial charge in [-0.15, -0.1) is 0 Å². The molecule has 0 aromatic heterocycles. The van der Waals surface area contributed by atoms with Crippen LogP contribution in [-0.4, -0.2) is 12.5 Å². The van der Waals surface area contributed by atoms with Gasteiger partial charge in [0.15, 0.2) is 0 Å². The number of carbonyl (C=O) groups excluding carboxylic acids is 1. The lowest BCUT2D eigenvalue weighted by Crippen LogP contribution is -2.28. The molecule has 4 heteroatoms. The lowest BCUT2D eigenvalue weighted by molar-refractivity contribution is -0.115. The fourth-order valence-electron chi connectivity index (χ4n) is 2.10. The predicted molar refractivity (Wildman–Crippen MR) is 82.6 cm³/mol. The Morgan fingerprint density at radius 2 is 1.71 bits per heavy atom. The summed E-state index contributed by atoms with van der Waals surface area (Å²) < 4.78 is 13.4. The lowest BCUT2D eigenvalue weighted by Gasteiger charge is -2.10. The molecule has 3 nitrogen and oxygen atoms in total. The number of rotatable bonds is 6. The van der Waals surface area contributed by atoms with Crippen molar-refractivity contribution >= 4 is 11.6 Å². The van der Waals surface area contributed by atoms with Crippen molar-refractivity contribution in [2.75, 3.05) is 11.9 Å². The van der Waals surface area contributed by atoms with E-state index in [1.807, 2.05) is 31.2 Å². The molecule has 2 aromatic carbocycles. The third-order valence-corrected chi connectivity index (χ3v) is 3.23. The predicted octanol–water partition coefficient (Wildman–Crippen LogP) is 3.12. The Morgan fingerprint density at radius 1 is 1.05 bits per heavy atom. The third-order valence-electron chi connectivity index (χ3n) is 3.23. The van der Waals surface area contributed by atoms with Gasteiger partial charge in [-0.05, 0) is 24.1 Å². The Balaban J connectivity index is 1.84. The summed E-state index contributed by atoms with van der Waals surface area (Å²) in [6.07, 6.45) is 0.860. The van der Waals surface area contributed by atoms with E-state index in [0.717, 1.165) is 17.7 Å². The molecule has 0 spiro atoms. The summed E-state index contributed by atoms with van der Waals surface area (Å²) in [5, 5.41) is 5.82. The first-order chi connectivity index (χ1) is 10.2. The van der Waals surface area contributed by atoms with Crippen molar-refractivity contribution in [2.24, 2.45) is 0 Å². The number of nitrogens with one attached hydrogen (secondary N) is 2. The number of benzene rings is 2. The van der Waals surface area contributed by atoms with Crippen LogP contribution in [0.5, 0.6) is 0 Å². The second-order valence-corrected chi connectivity index (χ2v) is 4.75. The molecule has 2 N–H and O–H groups in total. The molecule has 1 amide bonds. The van der Waals surface area contributed by atoms with Gasteiger partial charge in [0.2, 0.25) is 5.91 Å². The summed E-state index contributed by atoms with van der Waals surface area (Å²) in [5.74, 6) is -0.394. The Kier molecular flexibility index (Phi) is 5.46. The maximum atomic E-state index is 13.4. The normalized spacial score (nSPS) is 10.4. The third kappa shape index (κ3) is 4.39. The maximum absolute atomic E-state index is 13.4. The van der Waals surface area contributed by atoms with Crippen molar-refractivity contribution in [2.45, 2.75) is 19.9 Å². The van der Waals surface area contributed by atoms with Crippen molar-refractivity contribution in [1.82, 2.24) is 5.32 Å². The summed E-state index contributed by atoms with van der Waals surface area (Å²) in [5.41, 5.74) is 2.48. The number of amides is 1. The number of anilines is 1. The summed E-state index contributed by atoms with van der Waals surface area (Å²) >= 11 is 0. The zero-order valence-corrected chi connectivity index (χ0v) is 12.0. The lowest BCUT2D eigenvalue weighted by atomic mass is 10.1. The average molecular weight is 286 g/mol. The Bertz CT molecular complexity index is 613. The molecule has 0 aliphatic carbocycles. The SMILES string of the molecule is CCc1ccccc1NC(=O)CNCc1ccccc1F. The molecule has 0 bridgehead atoms. The van der Waals surface area contributed by atoms with Gasteiger partial charge in [-0.25, -0.2) is 4.39 Å². The largest absolute Gasteiger partial charge is 0.325 e. The topological polar surface area (TPSA) is 41.1 Å². The van der Waals surface area contributed by atoms with Crippen LogP contribution < -0.4 is 10.6 Å². The van der Waals surface area contributed by atoms with E-state index in [1.165, 1.54) is 6.07 Å². The minimum absolute atomic E-state index is 0.132. The molecule has 2 aromatic rings. The van der Waals surface area contributed by atoms with Crippen LogP contribution in [0.25, 0.3) is 0 Å². The zero-order chi connectivity index (χ0) is 15.1. The van der Waals surface area contributed by atoms with Gasteiger partial charge in [0.05, 0.1) is 6.54 Å². The average Bonchev–Trinajstić information content (AvgIpc) is 2.50. The van der Waals surface area contributed by atoms with E-state index in [1.54, 1.807) is 18.2 Å². The highest BCUT2D eigenvalue weighted by Gasteiger charge is 2.06. The first-order valence-electron chi connectivity index (χ1n) is 7.02. The van der Waals surface area contributed by atoms with E-state index in [0.29, 0.717) is 12.1 Å². The standard InChI is InChI=1S/C17H19FN2O/c1-2-13-7-4-6-10-16(13)20-17(21)12-19-11-14-8-3-5-9-15(14)18/h3-10,19H,2,11-12H2,1H3,(H,20,21). The molecule has 0 saturated heterocycles. The second kappa shape index (κ2) is 7.55. The first kappa shape index (κ1) is 15.2. The summed E-state index contributed by atoms with van der Waals surface area (Å²) in [6.45, 7) is 2.52. The van der Waals surface area contributed by atoms with Crippen LogP contribution in [0.2, 0.25) is 0 Å². The molecule has 21 heavy (non-hydrogen) atoms. The van der Waals surface area contributed by atoms with Crippen LogP contribution in [0.15, 0.2) is 48.5 Å². The number of para-hydroxylation sites is 1. The maximum Gasteiger partial charge on any atom is 0.238 e. The van der Waals surface area contributed by atoms with Crippen LogP contribution in [0.4, 0.5) is 10.1 Å². The summed E-state index contributed by atoms with van der Waals surface area (Å²) in [4.78, 5) is 11.9. The van der Waals surface area contributed by atoms with Crippen molar-refractivity contribution in [1.29, 1.82) is 0 Å². The molecular formula is C17H19FN2O. The van der Waals surface area contributed by atoms with E-state index < -0.39 is 0 Å². The van der Waals surface area contributed by atoms with E-state index in [9.17, 15) is 9.18 Å². The van der Waals surface area contributed by atoms with Crippen molar-refractivity contribution in [3.05, 3.63) is 65.5 Å². The molecule has 0 aliphatic heterocycles. The number of carbonyl (C=O) groups is 1. The number of aryl methyl sites for hydroxylation is 1. The van der Waals surface area contributed by atoms with Crippen molar-refractivity contribution in [3.8, 4) is 0 Å². The Labute approximate surface area is 124 Å². The van der Waals surface area contributed by atoms with Crippen LogP contribution in [0, 0.1) is 5.82 Å². The fraction of sp³-hybridized carbons (Fsp3) is 0.235. The highest BCUT2D eigenvalue weighted by molar-refractivity contribution is 5.92. The summed E-state index contributed by atoms with van der Waals surface area (Å²) in [7, 11) is 0. The van der Waals surface area contributed by atoms with Gasteiger partial charge in [-0.1, -0.05) is 43.3 Å². The minimum atomic E-state index is -0.262. The first-order valence-corrected chi connectivity index (χ1v) is 7.02. The molecular weight excluding hydrogens is 267 g/mol. The Hall–Kier alpha value is -2.20. The van der Waals surface area contributed by atoms with Gasteiger partial charge >= 0.3 is 0 Å². The van der Waals surface area contributed by atoms with Gasteiger partial charge in [0, 0.05) is 17.8 Å². The molecule has 0 fully saturated rings. The molecule has 0 radical (unpaired) electrons. The van der Waals surface area contributed by atoms with Crippen LogP contribution in [0.1, 0.15) is 18.1 Å². The minimum Gasteiger partial charge on any atom is -0.325 e. The number of hydrogen-bond acceptors (Lipinski definition) is 2. The van der Waals surface area contributed by atoms with Crippen LogP contribution in [0.3, 0.4) is 0 Å². The number of halogens is 1. The van der Waals surface area contributed by atoms with Gasteiger partial charge in [-0.3, -0.25) is 4.79 Å². The molecule has 0 aliphatic rings. The van der Waals surface area contributed by atoms with Crippen LogP contribution >= 0.6 is 0 Å². The molecule has 0 atom stereocenters. The van der Waals surface area contributed by atoms with Crippen LogP contribution in [-0.2, 0) is 17.8 Å². The monoisotopic (exact) mass is 286 g/mol. The number of hydrogen-bond donors (Lipinski definition) is 2. The highest BCUT2D eigenvalue weighted by Crippen LogP contribution is 2.15. The molecule has 2 rings (SSSR count). The van der Waals surface area contributed by atoms with E-state index in [2.05, 4.69) is 10.6 Å². The van der Waals surface area contributed by atoms with Gasteiger partial charge in [-0.2, -0.15) is 0 Å². The fourth-order valence-corrected chi connectivity index (χ4v) is 2.10. The van der Waals surface area contributed by atoms with Crippen molar-refractivity contribution in [3.63, 3.8) is 0 Å². The molecule has 0 heterocycles. The smallest absolute Gasteiger partial charge is 0.238 e. The second-order valence-electron chi connectivity index (χ2n) is 4.75. The Morgan fingerprint density at radius 3 is 2.43 bits per heavy atom. The van der Waals surface area contributed by atoms with Gasteiger partial charge in [0.25, 0.3) is 0 Å². The van der Waals surface area contributed by atoms with Gasteiger partial charge in [0.1, 0.15) is 5.82 Å². The quantitative estimate of drug-likeness (QED) is 0.856. The zero-order valence-electron chi connectivity index (χ0n) is 12.0. The van der Waals surface area contributed by atoms with E-state index in [-0.39, 0.29) is 18.3 Å². The molecule has 0 saturated carbocycles. The highest BCUT2D eigenvalue weighted by atomic mass is 19.1. The van der Waals surface area contributed by atoms with Gasteiger partial charge < -0.3 is 10.6 Å².